The first kappa shape index (κ1) is 18.8. The number of hydrogen-bond donors (Lipinski definition) is 1. The van der Waals surface area contributed by atoms with E-state index in [0.29, 0.717) is 35.1 Å². The number of hydrogen-bond acceptors (Lipinski definition) is 4. The molecular formula is C17H16Cl2N2O4S. The van der Waals surface area contributed by atoms with Gasteiger partial charge in [-0.1, -0.05) is 23.2 Å². The van der Waals surface area contributed by atoms with Crippen molar-refractivity contribution in [2.75, 3.05) is 29.0 Å². The fourth-order valence-corrected chi connectivity index (χ4v) is 4.78. The van der Waals surface area contributed by atoms with Crippen LogP contribution in [0.2, 0.25) is 10.0 Å². The molecule has 1 heterocycles. The maximum Gasteiger partial charge on any atom is 0.257 e. The Balaban J connectivity index is 1.87. The Morgan fingerprint density at radius 2 is 1.96 bits per heavy atom. The summed E-state index contributed by atoms with van der Waals surface area (Å²) >= 11 is 11.9. The first-order valence-electron chi connectivity index (χ1n) is 7.76. The lowest BCUT2D eigenvalue weighted by atomic mass is 10.2. The Labute approximate surface area is 161 Å². The van der Waals surface area contributed by atoms with Crippen LogP contribution in [-0.2, 0) is 10.0 Å². The van der Waals surface area contributed by atoms with Crippen molar-refractivity contribution in [1.82, 2.24) is 0 Å². The first-order valence-corrected chi connectivity index (χ1v) is 10.1. The molecule has 0 saturated carbocycles. The molecule has 138 valence electrons. The lowest BCUT2D eigenvalue weighted by Crippen LogP contribution is -2.25. The van der Waals surface area contributed by atoms with Crippen molar-refractivity contribution < 1.29 is 17.9 Å². The largest absolute Gasteiger partial charge is 0.494 e. The lowest BCUT2D eigenvalue weighted by molar-refractivity contribution is 0.102. The summed E-state index contributed by atoms with van der Waals surface area (Å²) in [5, 5.41) is 3.38. The Morgan fingerprint density at radius 3 is 2.58 bits per heavy atom. The molecule has 1 N–H and O–H groups in total. The van der Waals surface area contributed by atoms with E-state index in [1.807, 2.05) is 0 Å². The van der Waals surface area contributed by atoms with E-state index in [1.165, 1.54) is 23.5 Å². The van der Waals surface area contributed by atoms with Gasteiger partial charge in [-0.25, -0.2) is 8.42 Å². The number of methoxy groups -OCH3 is 1. The number of sulfonamides is 1. The van der Waals surface area contributed by atoms with E-state index in [4.69, 9.17) is 27.9 Å². The molecule has 0 aromatic heterocycles. The molecule has 0 aliphatic carbocycles. The summed E-state index contributed by atoms with van der Waals surface area (Å²) < 4.78 is 30.8. The van der Waals surface area contributed by atoms with Crippen molar-refractivity contribution in [2.24, 2.45) is 0 Å². The van der Waals surface area contributed by atoms with Crippen molar-refractivity contribution in [2.45, 2.75) is 6.42 Å². The number of nitrogens with one attached hydrogen (secondary N) is 1. The molecule has 3 rings (SSSR count). The Morgan fingerprint density at radius 1 is 1.19 bits per heavy atom. The van der Waals surface area contributed by atoms with Crippen molar-refractivity contribution in [1.29, 1.82) is 0 Å². The Hall–Kier alpha value is -1.96. The molecule has 1 saturated heterocycles. The standard InChI is InChI=1S/C17H16Cl2N2O4S/c1-25-16-10-12(21-7-2-8-26(21,23)24)4-6-15(16)20-17(22)13-5-3-11(18)9-14(13)19/h3-6,9-10H,2,7-8H2,1H3,(H,20,22). The van der Waals surface area contributed by atoms with E-state index in [-0.39, 0.29) is 16.3 Å². The highest BCUT2D eigenvalue weighted by Gasteiger charge is 2.29. The smallest absolute Gasteiger partial charge is 0.257 e. The normalized spacial score (nSPS) is 15.7. The fourth-order valence-electron chi connectivity index (χ4n) is 2.73. The molecule has 26 heavy (non-hydrogen) atoms. The number of nitrogens with zero attached hydrogens (tertiary/aromatic N) is 1. The van der Waals surface area contributed by atoms with Gasteiger partial charge >= 0.3 is 0 Å². The molecule has 1 aliphatic heterocycles. The predicted octanol–water partition coefficient (Wildman–Crippen LogP) is 3.79. The average Bonchev–Trinajstić information content (AvgIpc) is 2.94. The molecule has 0 unspecified atom stereocenters. The molecule has 6 nitrogen and oxygen atoms in total. The van der Waals surface area contributed by atoms with Crippen molar-refractivity contribution >= 4 is 50.5 Å². The molecule has 9 heteroatoms. The summed E-state index contributed by atoms with van der Waals surface area (Å²) in [7, 11) is -1.85. The second kappa shape index (κ2) is 7.34. The minimum atomic E-state index is -3.29. The molecule has 2 aromatic rings. The monoisotopic (exact) mass is 414 g/mol. The summed E-state index contributed by atoms with van der Waals surface area (Å²) in [6, 6.07) is 9.39. The third kappa shape index (κ3) is 3.75. The van der Waals surface area contributed by atoms with Crippen LogP contribution in [0.5, 0.6) is 5.75 Å². The molecular weight excluding hydrogens is 399 g/mol. The van der Waals surface area contributed by atoms with Crippen LogP contribution in [0.3, 0.4) is 0 Å². The Kier molecular flexibility index (Phi) is 5.32. The predicted molar refractivity (Wildman–Crippen MR) is 103 cm³/mol. The minimum absolute atomic E-state index is 0.128. The first-order chi connectivity index (χ1) is 12.3. The van der Waals surface area contributed by atoms with Crippen LogP contribution in [0.15, 0.2) is 36.4 Å². The van der Waals surface area contributed by atoms with Crippen molar-refractivity contribution in [3.05, 3.63) is 52.0 Å². The highest BCUT2D eigenvalue weighted by Crippen LogP contribution is 2.33. The van der Waals surface area contributed by atoms with E-state index < -0.39 is 15.9 Å². The van der Waals surface area contributed by atoms with Gasteiger partial charge in [-0.15, -0.1) is 0 Å². The number of halogens is 2. The van der Waals surface area contributed by atoms with Gasteiger partial charge in [-0.3, -0.25) is 9.10 Å². The minimum Gasteiger partial charge on any atom is -0.494 e. The number of benzene rings is 2. The van der Waals surface area contributed by atoms with Gasteiger partial charge < -0.3 is 10.1 Å². The van der Waals surface area contributed by atoms with Gasteiger partial charge in [-0.05, 0) is 36.8 Å². The number of rotatable bonds is 4. The van der Waals surface area contributed by atoms with Crippen molar-refractivity contribution in [3.63, 3.8) is 0 Å². The Bertz CT molecular complexity index is 963. The van der Waals surface area contributed by atoms with Gasteiger partial charge in [0.05, 0.1) is 34.8 Å². The van der Waals surface area contributed by atoms with Crippen LogP contribution in [0.1, 0.15) is 16.8 Å². The average molecular weight is 415 g/mol. The van der Waals surface area contributed by atoms with Gasteiger partial charge in [0.25, 0.3) is 5.91 Å². The summed E-state index contributed by atoms with van der Waals surface area (Å²) in [5.74, 6) is 0.0534. The summed E-state index contributed by atoms with van der Waals surface area (Å²) in [5.41, 5.74) is 1.18. The van der Waals surface area contributed by atoms with Gasteiger partial charge in [0.2, 0.25) is 10.0 Å². The molecule has 0 bridgehead atoms. The zero-order chi connectivity index (χ0) is 18.9. The van der Waals surface area contributed by atoms with Crippen LogP contribution < -0.4 is 14.4 Å². The fraction of sp³-hybridized carbons (Fsp3) is 0.235. The zero-order valence-electron chi connectivity index (χ0n) is 13.8. The van der Waals surface area contributed by atoms with Crippen LogP contribution in [0.25, 0.3) is 0 Å². The molecule has 0 atom stereocenters. The lowest BCUT2D eigenvalue weighted by Gasteiger charge is -2.19. The van der Waals surface area contributed by atoms with E-state index >= 15 is 0 Å². The quantitative estimate of drug-likeness (QED) is 0.825. The molecule has 1 amide bonds. The number of carbonyl (C=O) groups is 1. The third-order valence-corrected chi connectivity index (χ3v) is 6.41. The second-order valence-electron chi connectivity index (χ2n) is 5.70. The van der Waals surface area contributed by atoms with Gasteiger partial charge in [0.1, 0.15) is 5.75 Å². The molecule has 2 aromatic carbocycles. The van der Waals surface area contributed by atoms with Crippen LogP contribution in [0.4, 0.5) is 11.4 Å². The molecule has 1 aliphatic rings. The van der Waals surface area contributed by atoms with E-state index in [2.05, 4.69) is 5.32 Å². The van der Waals surface area contributed by atoms with Crippen LogP contribution in [-0.4, -0.2) is 33.7 Å². The number of carbonyl (C=O) groups excluding carboxylic acids is 1. The SMILES string of the molecule is COc1cc(N2CCCS2(=O)=O)ccc1NC(=O)c1ccc(Cl)cc1Cl. The van der Waals surface area contributed by atoms with E-state index in [9.17, 15) is 13.2 Å². The summed E-state index contributed by atoms with van der Waals surface area (Å²) in [6.45, 7) is 0.428. The molecule has 0 spiro atoms. The third-order valence-electron chi connectivity index (χ3n) is 4.00. The maximum atomic E-state index is 12.5. The topological polar surface area (TPSA) is 75.7 Å². The highest BCUT2D eigenvalue weighted by molar-refractivity contribution is 7.93. The number of amides is 1. The van der Waals surface area contributed by atoms with E-state index in [0.717, 1.165) is 0 Å². The van der Waals surface area contributed by atoms with E-state index in [1.54, 1.807) is 24.3 Å². The van der Waals surface area contributed by atoms with Gasteiger partial charge in [0, 0.05) is 17.6 Å². The molecule has 0 radical (unpaired) electrons. The second-order valence-corrected chi connectivity index (χ2v) is 8.56. The zero-order valence-corrected chi connectivity index (χ0v) is 16.2. The van der Waals surface area contributed by atoms with Crippen LogP contribution in [0, 0.1) is 0 Å². The van der Waals surface area contributed by atoms with Gasteiger partial charge in [-0.2, -0.15) is 0 Å². The van der Waals surface area contributed by atoms with Gasteiger partial charge in [0.15, 0.2) is 0 Å². The summed E-state index contributed by atoms with van der Waals surface area (Å²) in [6.07, 6.45) is 0.582. The molecule has 1 fully saturated rings. The maximum absolute atomic E-state index is 12.5. The van der Waals surface area contributed by atoms with Crippen LogP contribution >= 0.6 is 23.2 Å². The van der Waals surface area contributed by atoms with Crippen molar-refractivity contribution in [3.8, 4) is 5.75 Å². The number of ether oxygens (including phenoxy) is 1. The summed E-state index contributed by atoms with van der Waals surface area (Å²) in [4.78, 5) is 12.5. The number of anilines is 2. The highest BCUT2D eigenvalue weighted by atomic mass is 35.5.